The van der Waals surface area contributed by atoms with Crippen LogP contribution in [0.3, 0.4) is 0 Å². The molecule has 7 nitrogen and oxygen atoms in total. The van der Waals surface area contributed by atoms with Gasteiger partial charge in [-0.2, -0.15) is 0 Å². The van der Waals surface area contributed by atoms with E-state index in [0.29, 0.717) is 5.76 Å². The lowest BCUT2D eigenvalue weighted by atomic mass is 9.97. The summed E-state index contributed by atoms with van der Waals surface area (Å²) in [6.45, 7) is 25.5. The van der Waals surface area contributed by atoms with Crippen molar-refractivity contribution in [2.24, 2.45) is 0 Å². The lowest BCUT2D eigenvalue weighted by Crippen LogP contribution is -2.59. The molecule has 1 unspecified atom stereocenters. The second kappa shape index (κ2) is 8.44. The molecule has 192 valence electrons. The van der Waals surface area contributed by atoms with E-state index >= 15 is 4.39 Å². The largest absolute Gasteiger partial charge is 0.468 e. The molecule has 0 aliphatic carbocycles. The normalized spacial score (nSPS) is 24.0. The second-order valence-electron chi connectivity index (χ2n) is 12.3. The number of anilines is 1. The van der Waals surface area contributed by atoms with Crippen molar-refractivity contribution in [2.75, 3.05) is 5.73 Å². The molecule has 0 saturated carbocycles. The minimum atomic E-state index is -2.49. The van der Waals surface area contributed by atoms with Crippen molar-refractivity contribution < 1.29 is 18.0 Å². The number of hydrogen-bond donors (Lipinski definition) is 1. The van der Waals surface area contributed by atoms with Crippen LogP contribution in [0.2, 0.25) is 36.3 Å². The molecule has 2 N–H and O–H groups in total. The molecule has 3 atom stereocenters. The van der Waals surface area contributed by atoms with Crippen LogP contribution in [0.15, 0.2) is 24.9 Å². The molecule has 1 fully saturated rings. The first-order valence-corrected chi connectivity index (χ1v) is 17.6. The molecule has 0 spiro atoms. The molecular weight excluding hydrogens is 479 g/mol. The van der Waals surface area contributed by atoms with Crippen LogP contribution in [0.25, 0.3) is 11.0 Å². The molecule has 35 heavy (non-hydrogen) atoms. The van der Waals surface area contributed by atoms with E-state index in [9.17, 15) is 0 Å². The Hall–Kier alpha value is -2.20. The molecule has 1 saturated heterocycles. The maximum Gasteiger partial charge on any atom is 0.219 e. The zero-order valence-electron chi connectivity index (χ0n) is 22.6. The molecule has 10 heteroatoms. The van der Waals surface area contributed by atoms with Crippen LogP contribution in [-0.4, -0.2) is 42.9 Å². The van der Waals surface area contributed by atoms with Crippen LogP contribution >= 0.6 is 0 Å². The first kappa shape index (κ1) is 27.4. The smallest absolute Gasteiger partial charge is 0.219 e. The van der Waals surface area contributed by atoms with Gasteiger partial charge in [-0.15, -0.1) is 6.42 Å². The number of ether oxygens (including phenoxy) is 1. The fourth-order valence-corrected chi connectivity index (χ4v) is 6.31. The van der Waals surface area contributed by atoms with Crippen LogP contribution in [-0.2, 0) is 13.6 Å². The number of aromatic nitrogens is 3. The number of halogens is 1. The molecule has 0 bridgehead atoms. The predicted octanol–water partition coefficient (Wildman–Crippen LogP) is 5.98. The van der Waals surface area contributed by atoms with Crippen molar-refractivity contribution >= 4 is 33.5 Å². The maximum absolute atomic E-state index is 15.1. The maximum atomic E-state index is 15.1. The van der Waals surface area contributed by atoms with E-state index in [1.807, 2.05) is 0 Å². The number of nitrogens with two attached hydrogens (primary N) is 1. The minimum Gasteiger partial charge on any atom is -0.468 e. The zero-order valence-corrected chi connectivity index (χ0v) is 24.6. The van der Waals surface area contributed by atoms with Crippen LogP contribution in [0.4, 0.5) is 10.2 Å². The van der Waals surface area contributed by atoms with E-state index in [2.05, 4.69) is 90.2 Å². The average Bonchev–Trinajstić information content (AvgIpc) is 3.16. The highest BCUT2D eigenvalue weighted by Crippen LogP contribution is 2.52. The Bertz CT molecular complexity index is 1190. The number of fused-ring (bicyclic) bond motifs is 1. The summed E-state index contributed by atoms with van der Waals surface area (Å²) in [6.07, 6.45) is 7.15. The fourth-order valence-electron chi connectivity index (χ4n) is 3.65. The van der Waals surface area contributed by atoms with Crippen molar-refractivity contribution in [3.63, 3.8) is 0 Å². The number of nitrogens with zero attached hydrogens (tertiary/aromatic N) is 3. The summed E-state index contributed by atoms with van der Waals surface area (Å²) in [7, 11) is -4.85. The van der Waals surface area contributed by atoms with E-state index < -0.39 is 40.4 Å². The first-order valence-electron chi connectivity index (χ1n) is 11.8. The van der Waals surface area contributed by atoms with Gasteiger partial charge in [0.25, 0.3) is 0 Å². The van der Waals surface area contributed by atoms with Crippen LogP contribution in [0, 0.1) is 18.2 Å². The van der Waals surface area contributed by atoms with Gasteiger partial charge in [-0.1, -0.05) is 54.0 Å². The van der Waals surface area contributed by atoms with Crippen molar-refractivity contribution in [3.8, 4) is 12.3 Å². The van der Waals surface area contributed by atoms with Crippen molar-refractivity contribution in [2.45, 2.75) is 95.7 Å². The Labute approximate surface area is 210 Å². The summed E-state index contributed by atoms with van der Waals surface area (Å²) in [5, 5.41) is -0.159. The first-order chi connectivity index (χ1) is 15.8. The Kier molecular flexibility index (Phi) is 6.60. The summed E-state index contributed by atoms with van der Waals surface area (Å²) in [5.74, 6) is 2.72. The Morgan fingerprint density at radius 2 is 1.71 bits per heavy atom. The Morgan fingerprint density at radius 1 is 1.14 bits per heavy atom. The number of rotatable bonds is 5. The van der Waals surface area contributed by atoms with Crippen LogP contribution in [0.5, 0.6) is 0 Å². The molecule has 2 aromatic rings. The highest BCUT2D eigenvalue weighted by Gasteiger charge is 2.62. The molecule has 3 heterocycles. The van der Waals surface area contributed by atoms with Crippen LogP contribution in [0.1, 0.15) is 47.8 Å². The summed E-state index contributed by atoms with van der Waals surface area (Å²) in [5.41, 5.74) is 4.82. The van der Waals surface area contributed by atoms with E-state index in [1.54, 1.807) is 0 Å². The topological polar surface area (TPSA) is 84.4 Å². The molecule has 2 aromatic heterocycles. The van der Waals surface area contributed by atoms with E-state index in [-0.39, 0.29) is 26.9 Å². The van der Waals surface area contributed by atoms with Gasteiger partial charge in [0.1, 0.15) is 24.0 Å². The van der Waals surface area contributed by atoms with Gasteiger partial charge >= 0.3 is 0 Å². The van der Waals surface area contributed by atoms with Crippen molar-refractivity contribution in [3.05, 3.63) is 30.7 Å². The van der Waals surface area contributed by atoms with E-state index in [0.717, 1.165) is 0 Å². The van der Waals surface area contributed by atoms with Crippen molar-refractivity contribution in [1.29, 1.82) is 0 Å². The fraction of sp³-hybridized carbons (Fsp3) is 0.600. The third-order valence-corrected chi connectivity index (χ3v) is 16.7. The molecule has 0 aromatic carbocycles. The predicted molar refractivity (Wildman–Crippen MR) is 143 cm³/mol. The molecule has 3 rings (SSSR count). The quantitative estimate of drug-likeness (QED) is 0.387. The van der Waals surface area contributed by atoms with Crippen molar-refractivity contribution in [1.82, 2.24) is 14.5 Å². The molecular formula is C25H39FN4O3Si2. The lowest BCUT2D eigenvalue weighted by molar-refractivity contribution is -0.0504. The lowest BCUT2D eigenvalue weighted by Gasteiger charge is -2.47. The van der Waals surface area contributed by atoms with Gasteiger partial charge in [0.05, 0.1) is 5.39 Å². The van der Waals surface area contributed by atoms with Crippen LogP contribution < -0.4 is 5.73 Å². The van der Waals surface area contributed by atoms with Gasteiger partial charge in [0.2, 0.25) is 11.8 Å². The summed E-state index contributed by atoms with van der Waals surface area (Å²) < 4.78 is 36.7. The second-order valence-corrected chi connectivity index (χ2v) is 21.8. The Balaban J connectivity index is 2.27. The van der Waals surface area contributed by atoms with Gasteiger partial charge in [-0.25, -0.2) is 14.4 Å². The zero-order chi connectivity index (χ0) is 26.8. The number of nitrogen functional groups attached to an aromatic ring is 1. The summed E-state index contributed by atoms with van der Waals surface area (Å²) in [6, 6.07) is 0. The summed E-state index contributed by atoms with van der Waals surface area (Å²) in [4.78, 5) is 8.23. The van der Waals surface area contributed by atoms with Gasteiger partial charge in [-0.3, -0.25) is 4.57 Å². The third kappa shape index (κ3) is 4.44. The minimum absolute atomic E-state index is 0.0359. The molecule has 0 amide bonds. The number of terminal acetylenes is 1. The Morgan fingerprint density at radius 3 is 2.23 bits per heavy atom. The number of hydrogen-bond acceptors (Lipinski definition) is 6. The SMILES string of the molecule is C#C[C@@]1(O[Si](C)(C)C(C)(C)C)C(O[Si](C)(C)C(C)(C)C)C(=C)O[C@H]1n1cc(F)c2c(N)ncnc21. The summed E-state index contributed by atoms with van der Waals surface area (Å²) >= 11 is 0. The van der Waals surface area contributed by atoms with E-state index in [1.165, 1.54) is 17.1 Å². The average molecular weight is 519 g/mol. The van der Waals surface area contributed by atoms with Gasteiger partial charge in [0.15, 0.2) is 28.1 Å². The van der Waals surface area contributed by atoms with Gasteiger partial charge < -0.3 is 19.3 Å². The van der Waals surface area contributed by atoms with E-state index in [4.69, 9.17) is 25.7 Å². The molecule has 0 radical (unpaired) electrons. The highest BCUT2D eigenvalue weighted by molar-refractivity contribution is 6.74. The standard InChI is InChI=1S/C25H39FN4O3Si2/c1-13-25(33-35(11,12)24(6,7)8)19(32-34(9,10)23(3,4)5)16(2)31-22(25)30-14-17(26)18-20(27)28-15-29-21(18)30/h1,14-15,19,22H,2H2,3-12H3,(H2,27,28,29)/t19?,22-,25-/m1/s1. The van der Waals surface area contributed by atoms with Gasteiger partial charge in [0, 0.05) is 6.20 Å². The molecule has 1 aliphatic rings. The monoisotopic (exact) mass is 518 g/mol. The van der Waals surface area contributed by atoms with Gasteiger partial charge in [-0.05, 0) is 36.3 Å². The highest BCUT2D eigenvalue weighted by atomic mass is 28.4. The molecule has 1 aliphatic heterocycles. The third-order valence-electron chi connectivity index (χ3n) is 7.83.